The van der Waals surface area contributed by atoms with Crippen LogP contribution < -0.4 is 20.3 Å². The number of hydrazine groups is 1. The molecule has 0 aliphatic carbocycles. The molecule has 0 spiro atoms. The van der Waals surface area contributed by atoms with E-state index in [4.69, 9.17) is 9.47 Å². The lowest BCUT2D eigenvalue weighted by atomic mass is 10.2. The van der Waals surface area contributed by atoms with Gasteiger partial charge in [0.1, 0.15) is 11.5 Å². The Morgan fingerprint density at radius 2 is 1.52 bits per heavy atom. The highest BCUT2D eigenvalue weighted by molar-refractivity contribution is 9.10. The summed E-state index contributed by atoms with van der Waals surface area (Å²) < 4.78 is 11.3. The minimum absolute atomic E-state index is 0.0276. The predicted molar refractivity (Wildman–Crippen MR) is 97.8 cm³/mol. The fourth-order valence-corrected chi connectivity index (χ4v) is 2.46. The number of ether oxygens (including phenoxy) is 2. The number of halogens is 1. The van der Waals surface area contributed by atoms with E-state index in [0.29, 0.717) is 27.1 Å². The summed E-state index contributed by atoms with van der Waals surface area (Å²) >= 11 is 3.37. The topological polar surface area (TPSA) is 76.7 Å². The van der Waals surface area contributed by atoms with Gasteiger partial charge in [-0.05, 0) is 72.2 Å². The average molecular weight is 407 g/mol. The van der Waals surface area contributed by atoms with E-state index in [9.17, 15) is 9.59 Å². The summed E-state index contributed by atoms with van der Waals surface area (Å²) in [5, 5.41) is 0. The van der Waals surface area contributed by atoms with Crippen LogP contribution in [0.15, 0.2) is 46.9 Å². The van der Waals surface area contributed by atoms with Crippen molar-refractivity contribution < 1.29 is 19.1 Å². The Bertz CT molecular complexity index is 760. The maximum atomic E-state index is 12.2. The van der Waals surface area contributed by atoms with Gasteiger partial charge in [-0.2, -0.15) is 0 Å². The molecule has 2 N–H and O–H groups in total. The Balaban J connectivity index is 1.97. The first kappa shape index (κ1) is 18.8. The molecular formula is C18H19BrN2O4. The summed E-state index contributed by atoms with van der Waals surface area (Å²) in [6.45, 7) is 3.84. The summed E-state index contributed by atoms with van der Waals surface area (Å²) in [6, 6.07) is 11.5. The molecule has 7 heteroatoms. The fourth-order valence-electron chi connectivity index (χ4n) is 1.99. The third kappa shape index (κ3) is 5.22. The van der Waals surface area contributed by atoms with Gasteiger partial charge in [0, 0.05) is 11.1 Å². The number of nitrogens with one attached hydrogen (secondary N) is 2. The largest absolute Gasteiger partial charge is 0.497 e. The van der Waals surface area contributed by atoms with Crippen LogP contribution in [0, 0.1) is 0 Å². The third-order valence-corrected chi connectivity index (χ3v) is 3.82. The highest BCUT2D eigenvalue weighted by Crippen LogP contribution is 2.26. The number of carbonyl (C=O) groups excluding carboxylic acids is 2. The Kier molecular flexibility index (Phi) is 6.41. The molecule has 2 amide bonds. The second-order valence-electron chi connectivity index (χ2n) is 5.45. The Labute approximate surface area is 154 Å². The van der Waals surface area contributed by atoms with Gasteiger partial charge in [-0.3, -0.25) is 20.4 Å². The van der Waals surface area contributed by atoms with Crippen LogP contribution in [0.1, 0.15) is 34.6 Å². The molecule has 132 valence electrons. The first-order chi connectivity index (χ1) is 11.9. The lowest BCUT2D eigenvalue weighted by Gasteiger charge is -2.13. The summed E-state index contributed by atoms with van der Waals surface area (Å²) in [5.74, 6) is 0.441. The van der Waals surface area contributed by atoms with Crippen LogP contribution in [-0.2, 0) is 0 Å². The van der Waals surface area contributed by atoms with Crippen LogP contribution in [0.4, 0.5) is 0 Å². The molecule has 0 heterocycles. The summed E-state index contributed by atoms with van der Waals surface area (Å²) in [7, 11) is 1.55. The van der Waals surface area contributed by atoms with Gasteiger partial charge < -0.3 is 9.47 Å². The quantitative estimate of drug-likeness (QED) is 0.746. The van der Waals surface area contributed by atoms with E-state index in [2.05, 4.69) is 26.8 Å². The van der Waals surface area contributed by atoms with Gasteiger partial charge in [0.05, 0.1) is 17.7 Å². The standard InChI is InChI=1S/C18H19BrN2O4/c1-11(2)25-16-9-6-13(10-15(16)19)18(23)21-20-17(22)12-4-7-14(24-3)8-5-12/h4-11H,1-3H3,(H,20,22)(H,21,23). The first-order valence-electron chi connectivity index (χ1n) is 7.61. The number of carbonyl (C=O) groups is 2. The van der Waals surface area contributed by atoms with Crippen molar-refractivity contribution in [2.24, 2.45) is 0 Å². The number of benzene rings is 2. The van der Waals surface area contributed by atoms with E-state index >= 15 is 0 Å². The van der Waals surface area contributed by atoms with Gasteiger partial charge in [-0.25, -0.2) is 0 Å². The number of hydrogen-bond acceptors (Lipinski definition) is 4. The highest BCUT2D eigenvalue weighted by Gasteiger charge is 2.12. The van der Waals surface area contributed by atoms with Crippen molar-refractivity contribution in [2.45, 2.75) is 20.0 Å². The third-order valence-electron chi connectivity index (χ3n) is 3.20. The van der Waals surface area contributed by atoms with Crippen molar-refractivity contribution in [3.8, 4) is 11.5 Å². The molecule has 0 aliphatic heterocycles. The second-order valence-corrected chi connectivity index (χ2v) is 6.30. The van der Waals surface area contributed by atoms with Crippen molar-refractivity contribution in [1.82, 2.24) is 10.9 Å². The lowest BCUT2D eigenvalue weighted by molar-refractivity contribution is 0.0846. The summed E-state index contributed by atoms with van der Waals surface area (Å²) in [5.41, 5.74) is 5.55. The highest BCUT2D eigenvalue weighted by atomic mass is 79.9. The zero-order valence-corrected chi connectivity index (χ0v) is 15.7. The molecule has 0 bridgehead atoms. The molecule has 0 fully saturated rings. The van der Waals surface area contributed by atoms with Gasteiger partial charge in [-0.15, -0.1) is 0 Å². The van der Waals surface area contributed by atoms with E-state index in [0.717, 1.165) is 0 Å². The van der Waals surface area contributed by atoms with Crippen molar-refractivity contribution in [3.05, 3.63) is 58.1 Å². The Hall–Kier alpha value is -2.54. The van der Waals surface area contributed by atoms with Gasteiger partial charge >= 0.3 is 0 Å². The smallest absolute Gasteiger partial charge is 0.269 e. The molecule has 2 rings (SSSR count). The first-order valence-corrected chi connectivity index (χ1v) is 8.41. The lowest BCUT2D eigenvalue weighted by Crippen LogP contribution is -2.41. The fraction of sp³-hybridized carbons (Fsp3) is 0.222. The van der Waals surface area contributed by atoms with E-state index in [-0.39, 0.29) is 6.10 Å². The molecule has 25 heavy (non-hydrogen) atoms. The van der Waals surface area contributed by atoms with Crippen LogP contribution in [0.5, 0.6) is 11.5 Å². The summed E-state index contributed by atoms with van der Waals surface area (Å²) in [4.78, 5) is 24.2. The molecule has 0 atom stereocenters. The Morgan fingerprint density at radius 1 is 0.960 bits per heavy atom. The molecular weight excluding hydrogens is 388 g/mol. The zero-order valence-electron chi connectivity index (χ0n) is 14.1. The SMILES string of the molecule is COc1ccc(C(=O)NNC(=O)c2ccc(OC(C)C)c(Br)c2)cc1. The number of rotatable bonds is 5. The zero-order chi connectivity index (χ0) is 18.4. The van der Waals surface area contributed by atoms with Gasteiger partial charge in [0.25, 0.3) is 11.8 Å². The van der Waals surface area contributed by atoms with Crippen molar-refractivity contribution in [2.75, 3.05) is 7.11 Å². The molecule has 0 aromatic heterocycles. The second kappa shape index (κ2) is 8.53. The monoisotopic (exact) mass is 406 g/mol. The molecule has 2 aromatic carbocycles. The van der Waals surface area contributed by atoms with Crippen molar-refractivity contribution in [3.63, 3.8) is 0 Å². The minimum atomic E-state index is -0.432. The number of amides is 2. The molecule has 0 aliphatic rings. The maximum Gasteiger partial charge on any atom is 0.269 e. The van der Waals surface area contributed by atoms with E-state index in [1.807, 2.05) is 13.8 Å². The predicted octanol–water partition coefficient (Wildman–Crippen LogP) is 3.32. The molecule has 0 saturated carbocycles. The van der Waals surface area contributed by atoms with Crippen molar-refractivity contribution >= 4 is 27.7 Å². The average Bonchev–Trinajstić information content (AvgIpc) is 2.60. The minimum Gasteiger partial charge on any atom is -0.497 e. The molecule has 0 radical (unpaired) electrons. The normalized spacial score (nSPS) is 10.3. The van der Waals surface area contributed by atoms with E-state index < -0.39 is 11.8 Å². The van der Waals surface area contributed by atoms with Crippen LogP contribution in [0.2, 0.25) is 0 Å². The molecule has 0 unspecified atom stereocenters. The van der Waals surface area contributed by atoms with Crippen LogP contribution >= 0.6 is 15.9 Å². The molecule has 0 saturated heterocycles. The van der Waals surface area contributed by atoms with Crippen LogP contribution in [0.25, 0.3) is 0 Å². The van der Waals surface area contributed by atoms with E-state index in [1.54, 1.807) is 49.6 Å². The number of hydrogen-bond donors (Lipinski definition) is 2. The van der Waals surface area contributed by atoms with Gasteiger partial charge in [0.2, 0.25) is 0 Å². The summed E-state index contributed by atoms with van der Waals surface area (Å²) in [6.07, 6.45) is 0.0276. The van der Waals surface area contributed by atoms with Crippen LogP contribution in [-0.4, -0.2) is 25.0 Å². The number of methoxy groups -OCH3 is 1. The molecule has 2 aromatic rings. The van der Waals surface area contributed by atoms with Crippen LogP contribution in [0.3, 0.4) is 0 Å². The maximum absolute atomic E-state index is 12.2. The molecule has 6 nitrogen and oxygen atoms in total. The van der Waals surface area contributed by atoms with Gasteiger partial charge in [-0.1, -0.05) is 0 Å². The van der Waals surface area contributed by atoms with E-state index in [1.165, 1.54) is 0 Å². The van der Waals surface area contributed by atoms with Crippen molar-refractivity contribution in [1.29, 1.82) is 0 Å². The Morgan fingerprint density at radius 3 is 2.04 bits per heavy atom. The van der Waals surface area contributed by atoms with Gasteiger partial charge in [0.15, 0.2) is 0 Å².